The third kappa shape index (κ3) is 5.50. The second-order valence-electron chi connectivity index (χ2n) is 5.80. The Morgan fingerprint density at radius 3 is 2.53 bits per heavy atom. The van der Waals surface area contributed by atoms with Gasteiger partial charge in [0.25, 0.3) is 0 Å². The smallest absolute Gasteiger partial charge is 0.234 e. The molecule has 1 amide bonds. The SMILES string of the molecule is CC(C)NC(CCN(C)CC1CC1C)C(N)=O. The van der Waals surface area contributed by atoms with E-state index in [1.165, 1.54) is 6.42 Å². The van der Waals surface area contributed by atoms with Crippen molar-refractivity contribution in [2.45, 2.75) is 45.7 Å². The second kappa shape index (κ2) is 6.36. The maximum absolute atomic E-state index is 11.3. The van der Waals surface area contributed by atoms with E-state index < -0.39 is 0 Å². The molecule has 1 rings (SSSR count). The van der Waals surface area contributed by atoms with E-state index >= 15 is 0 Å². The average molecular weight is 241 g/mol. The quantitative estimate of drug-likeness (QED) is 0.661. The first kappa shape index (κ1) is 14.5. The maximum Gasteiger partial charge on any atom is 0.234 e. The second-order valence-corrected chi connectivity index (χ2v) is 5.80. The normalized spacial score (nSPS) is 25.3. The van der Waals surface area contributed by atoms with Crippen LogP contribution in [0.25, 0.3) is 0 Å². The number of rotatable bonds is 8. The van der Waals surface area contributed by atoms with Crippen LogP contribution in [0.4, 0.5) is 0 Å². The Bertz CT molecular complexity index is 255. The zero-order valence-corrected chi connectivity index (χ0v) is 11.6. The van der Waals surface area contributed by atoms with Crippen LogP contribution in [0.2, 0.25) is 0 Å². The zero-order chi connectivity index (χ0) is 13.0. The van der Waals surface area contributed by atoms with Crippen LogP contribution in [0.3, 0.4) is 0 Å². The molecule has 0 saturated heterocycles. The van der Waals surface area contributed by atoms with Crippen LogP contribution in [-0.4, -0.2) is 43.0 Å². The molecule has 3 atom stereocenters. The summed E-state index contributed by atoms with van der Waals surface area (Å²) in [5.74, 6) is 1.51. The van der Waals surface area contributed by atoms with Gasteiger partial charge in [0.1, 0.15) is 0 Å². The summed E-state index contributed by atoms with van der Waals surface area (Å²) in [6, 6.07) is 0.0929. The molecule has 0 radical (unpaired) electrons. The molecule has 0 aromatic heterocycles. The minimum atomic E-state index is -0.244. The number of primary amides is 1. The molecule has 100 valence electrons. The van der Waals surface area contributed by atoms with Gasteiger partial charge in [-0.2, -0.15) is 0 Å². The van der Waals surface area contributed by atoms with Gasteiger partial charge in [-0.3, -0.25) is 4.79 Å². The van der Waals surface area contributed by atoms with Crippen molar-refractivity contribution in [1.82, 2.24) is 10.2 Å². The van der Waals surface area contributed by atoms with Gasteiger partial charge in [-0.25, -0.2) is 0 Å². The number of carbonyl (C=O) groups excluding carboxylic acids is 1. The first-order valence-electron chi connectivity index (χ1n) is 6.64. The molecule has 0 aromatic carbocycles. The van der Waals surface area contributed by atoms with Gasteiger partial charge >= 0.3 is 0 Å². The van der Waals surface area contributed by atoms with E-state index in [1.807, 2.05) is 13.8 Å². The molecule has 0 aliphatic heterocycles. The Hall–Kier alpha value is -0.610. The molecule has 3 unspecified atom stereocenters. The summed E-state index contributed by atoms with van der Waals surface area (Å²) < 4.78 is 0. The number of nitrogens with one attached hydrogen (secondary N) is 1. The number of nitrogens with zero attached hydrogens (tertiary/aromatic N) is 1. The van der Waals surface area contributed by atoms with Gasteiger partial charge in [-0.1, -0.05) is 20.8 Å². The lowest BCUT2D eigenvalue weighted by molar-refractivity contribution is -0.120. The fourth-order valence-corrected chi connectivity index (χ4v) is 2.20. The summed E-state index contributed by atoms with van der Waals surface area (Å²) in [5.41, 5.74) is 5.39. The van der Waals surface area contributed by atoms with Crippen molar-refractivity contribution >= 4 is 5.91 Å². The van der Waals surface area contributed by atoms with Crippen molar-refractivity contribution in [3.8, 4) is 0 Å². The number of hydrogen-bond acceptors (Lipinski definition) is 3. The van der Waals surface area contributed by atoms with Crippen LogP contribution in [0, 0.1) is 11.8 Å². The van der Waals surface area contributed by atoms with Crippen LogP contribution in [0.1, 0.15) is 33.6 Å². The Labute approximate surface area is 105 Å². The summed E-state index contributed by atoms with van der Waals surface area (Å²) in [6.45, 7) is 8.44. The minimum Gasteiger partial charge on any atom is -0.368 e. The largest absolute Gasteiger partial charge is 0.368 e. The van der Waals surface area contributed by atoms with Gasteiger partial charge in [-0.05, 0) is 38.3 Å². The predicted molar refractivity (Wildman–Crippen MR) is 70.6 cm³/mol. The van der Waals surface area contributed by atoms with Gasteiger partial charge in [-0.15, -0.1) is 0 Å². The Morgan fingerprint density at radius 1 is 1.53 bits per heavy atom. The molecule has 17 heavy (non-hydrogen) atoms. The van der Waals surface area contributed by atoms with E-state index in [2.05, 4.69) is 24.2 Å². The van der Waals surface area contributed by atoms with Crippen molar-refractivity contribution in [1.29, 1.82) is 0 Å². The third-order valence-corrected chi connectivity index (χ3v) is 3.50. The highest BCUT2D eigenvalue weighted by molar-refractivity contribution is 5.79. The zero-order valence-electron chi connectivity index (χ0n) is 11.6. The van der Waals surface area contributed by atoms with Crippen LogP contribution >= 0.6 is 0 Å². The van der Waals surface area contributed by atoms with Crippen LogP contribution in [0.5, 0.6) is 0 Å². The molecular weight excluding hydrogens is 214 g/mol. The highest BCUT2D eigenvalue weighted by Gasteiger charge is 2.33. The number of hydrogen-bond donors (Lipinski definition) is 2. The fraction of sp³-hybridized carbons (Fsp3) is 0.923. The summed E-state index contributed by atoms with van der Waals surface area (Å²) in [5, 5.41) is 3.21. The molecule has 4 nitrogen and oxygen atoms in total. The van der Waals surface area contributed by atoms with Gasteiger partial charge in [0, 0.05) is 12.6 Å². The van der Waals surface area contributed by atoms with Crippen molar-refractivity contribution in [2.24, 2.45) is 17.6 Å². The van der Waals surface area contributed by atoms with Crippen molar-refractivity contribution in [2.75, 3.05) is 20.1 Å². The lowest BCUT2D eigenvalue weighted by atomic mass is 10.1. The standard InChI is InChI=1S/C13H27N3O/c1-9(2)15-12(13(14)17)5-6-16(4)8-11-7-10(11)3/h9-12,15H,5-8H2,1-4H3,(H2,14,17). The Kier molecular flexibility index (Phi) is 5.40. The van der Waals surface area contributed by atoms with Crippen molar-refractivity contribution in [3.05, 3.63) is 0 Å². The van der Waals surface area contributed by atoms with E-state index in [0.717, 1.165) is 31.3 Å². The van der Waals surface area contributed by atoms with Crippen LogP contribution in [-0.2, 0) is 4.79 Å². The first-order valence-corrected chi connectivity index (χ1v) is 6.64. The van der Waals surface area contributed by atoms with E-state index in [-0.39, 0.29) is 11.9 Å². The van der Waals surface area contributed by atoms with Crippen molar-refractivity contribution in [3.63, 3.8) is 0 Å². The fourth-order valence-electron chi connectivity index (χ4n) is 2.20. The van der Waals surface area contributed by atoms with E-state index in [0.29, 0.717) is 6.04 Å². The lowest BCUT2D eigenvalue weighted by Crippen LogP contribution is -2.46. The average Bonchev–Trinajstić information content (AvgIpc) is 2.87. The molecule has 1 aliphatic carbocycles. The Morgan fingerprint density at radius 2 is 2.12 bits per heavy atom. The Balaban J connectivity index is 2.23. The molecule has 0 bridgehead atoms. The summed E-state index contributed by atoms with van der Waals surface area (Å²) in [6.07, 6.45) is 2.15. The van der Waals surface area contributed by atoms with Crippen LogP contribution in [0.15, 0.2) is 0 Å². The molecule has 1 fully saturated rings. The minimum absolute atomic E-state index is 0.200. The summed E-state index contributed by atoms with van der Waals surface area (Å²) >= 11 is 0. The maximum atomic E-state index is 11.3. The monoisotopic (exact) mass is 241 g/mol. The van der Waals surface area contributed by atoms with Gasteiger partial charge in [0.05, 0.1) is 6.04 Å². The molecule has 0 aromatic rings. The molecule has 0 spiro atoms. The molecular formula is C13H27N3O. The molecule has 1 saturated carbocycles. The number of carbonyl (C=O) groups is 1. The summed E-state index contributed by atoms with van der Waals surface area (Å²) in [7, 11) is 2.12. The van der Waals surface area contributed by atoms with Crippen molar-refractivity contribution < 1.29 is 4.79 Å². The van der Waals surface area contributed by atoms with E-state index in [9.17, 15) is 4.79 Å². The molecule has 3 N–H and O–H groups in total. The predicted octanol–water partition coefficient (Wildman–Crippen LogP) is 0.816. The molecule has 1 aliphatic rings. The van der Waals surface area contributed by atoms with E-state index in [4.69, 9.17) is 5.73 Å². The van der Waals surface area contributed by atoms with Gasteiger partial charge in [0.15, 0.2) is 0 Å². The highest BCUT2D eigenvalue weighted by Crippen LogP contribution is 2.37. The lowest BCUT2D eigenvalue weighted by Gasteiger charge is -2.22. The topological polar surface area (TPSA) is 58.4 Å². The summed E-state index contributed by atoms with van der Waals surface area (Å²) in [4.78, 5) is 13.6. The number of nitrogens with two attached hydrogens (primary N) is 1. The molecule has 4 heteroatoms. The van der Waals surface area contributed by atoms with Gasteiger partial charge in [0.2, 0.25) is 5.91 Å². The third-order valence-electron chi connectivity index (χ3n) is 3.50. The first-order chi connectivity index (χ1) is 7.90. The van der Waals surface area contributed by atoms with E-state index in [1.54, 1.807) is 0 Å². The van der Waals surface area contributed by atoms with Gasteiger partial charge < -0.3 is 16.0 Å². The highest BCUT2D eigenvalue weighted by atomic mass is 16.1. The number of amides is 1. The van der Waals surface area contributed by atoms with Crippen LogP contribution < -0.4 is 11.1 Å². The molecule has 0 heterocycles.